The average molecular weight is 206 g/mol. The van der Waals surface area contributed by atoms with Crippen LogP contribution in [0.15, 0.2) is 0 Å². The summed E-state index contributed by atoms with van der Waals surface area (Å²) in [6.07, 6.45) is 0. The molecule has 0 saturated carbocycles. The largest absolute Gasteiger partial charge is 0.358 e. The van der Waals surface area contributed by atoms with Crippen molar-refractivity contribution in [1.29, 1.82) is 0 Å². The molecule has 0 amide bonds. The van der Waals surface area contributed by atoms with Crippen LogP contribution in [0.4, 0.5) is 0 Å². The molecule has 0 aliphatic carbocycles. The molecule has 0 radical (unpaired) electrons. The molecule has 0 spiro atoms. The second-order valence-electron chi connectivity index (χ2n) is 4.30. The van der Waals surface area contributed by atoms with E-state index in [9.17, 15) is 0 Å². The zero-order chi connectivity index (χ0) is 10.6. The van der Waals surface area contributed by atoms with Crippen molar-refractivity contribution >= 4 is 8.15 Å². The van der Waals surface area contributed by atoms with Gasteiger partial charge in [0.05, 0.1) is 6.61 Å². The molecule has 3 nitrogen and oxygen atoms in total. The molecule has 3 unspecified atom stereocenters. The van der Waals surface area contributed by atoms with Crippen LogP contribution in [0.25, 0.3) is 0 Å². The third kappa shape index (κ3) is 5.58. The molecule has 0 aliphatic heterocycles. The maximum absolute atomic E-state index is 5.94. The first kappa shape index (κ1) is 13.3. The van der Waals surface area contributed by atoms with Crippen molar-refractivity contribution in [2.24, 2.45) is 17.4 Å². The fourth-order valence-corrected chi connectivity index (χ4v) is 1.26. The van der Waals surface area contributed by atoms with E-state index >= 15 is 0 Å². The lowest BCUT2D eigenvalue weighted by Gasteiger charge is -2.28. The summed E-state index contributed by atoms with van der Waals surface area (Å²) in [6, 6.07) is 0. The van der Waals surface area contributed by atoms with Crippen molar-refractivity contribution in [2.45, 2.75) is 39.0 Å². The quantitative estimate of drug-likeness (QED) is 0.673. The summed E-state index contributed by atoms with van der Waals surface area (Å²) in [5.74, 6) is 0.499. The minimum absolute atomic E-state index is 0.142. The van der Waals surface area contributed by atoms with Crippen molar-refractivity contribution in [1.82, 2.24) is 0 Å². The van der Waals surface area contributed by atoms with Crippen molar-refractivity contribution in [2.75, 3.05) is 13.3 Å². The summed E-state index contributed by atoms with van der Waals surface area (Å²) in [4.78, 5) is 0. The van der Waals surface area contributed by atoms with Gasteiger partial charge in [-0.25, -0.2) is 0 Å². The Hall–Kier alpha value is 0.310. The van der Waals surface area contributed by atoms with Gasteiger partial charge in [0.25, 0.3) is 0 Å². The molecule has 0 rings (SSSR count). The Bertz CT molecular complexity index is 145. The average Bonchev–Trinajstić information content (AvgIpc) is 1.97. The van der Waals surface area contributed by atoms with Crippen molar-refractivity contribution in [3.8, 4) is 0 Å². The lowest BCUT2D eigenvalue weighted by Crippen LogP contribution is -2.41. The molecule has 0 bridgehead atoms. The van der Waals surface area contributed by atoms with Crippen LogP contribution in [0.5, 0.6) is 0 Å². The van der Waals surface area contributed by atoms with E-state index in [1.165, 1.54) is 0 Å². The van der Waals surface area contributed by atoms with Gasteiger partial charge in [0, 0.05) is 19.5 Å². The van der Waals surface area contributed by atoms with Gasteiger partial charge in [-0.1, -0.05) is 6.92 Å². The monoisotopic (exact) mass is 206 g/mol. The maximum atomic E-state index is 5.94. The van der Waals surface area contributed by atoms with Crippen LogP contribution in [0.3, 0.4) is 0 Å². The topological polar surface area (TPSA) is 61.3 Å². The van der Waals surface area contributed by atoms with Crippen LogP contribution in [0.1, 0.15) is 27.7 Å². The van der Waals surface area contributed by atoms with Crippen molar-refractivity contribution in [3.63, 3.8) is 0 Å². The van der Waals surface area contributed by atoms with Crippen molar-refractivity contribution in [3.05, 3.63) is 0 Å². The van der Waals surface area contributed by atoms with Gasteiger partial charge in [0.1, 0.15) is 0 Å². The Morgan fingerprint density at radius 3 is 2.15 bits per heavy atom. The molecule has 0 aromatic rings. The van der Waals surface area contributed by atoms with E-state index in [0.29, 0.717) is 12.5 Å². The predicted octanol–water partition coefficient (Wildman–Crippen LogP) is 1.71. The first-order valence-electron chi connectivity index (χ1n) is 4.65. The minimum atomic E-state index is -0.497. The summed E-state index contributed by atoms with van der Waals surface area (Å²) >= 11 is 0. The Morgan fingerprint density at radius 1 is 1.38 bits per heavy atom. The summed E-state index contributed by atoms with van der Waals surface area (Å²) in [5, 5.41) is 0. The van der Waals surface area contributed by atoms with Gasteiger partial charge >= 0.3 is 0 Å². The van der Waals surface area contributed by atoms with Gasteiger partial charge < -0.3 is 16.0 Å². The highest BCUT2D eigenvalue weighted by Gasteiger charge is 2.21. The molecule has 13 heavy (non-hydrogen) atoms. The molecule has 80 valence electrons. The summed E-state index contributed by atoms with van der Waals surface area (Å²) < 4.78 is 5.65. The molecule has 0 aromatic heterocycles. The molecule has 4 N–H and O–H groups in total. The van der Waals surface area contributed by atoms with E-state index in [1.807, 2.05) is 20.8 Å². The van der Waals surface area contributed by atoms with Gasteiger partial charge in [-0.3, -0.25) is 0 Å². The number of nitrogens with two attached hydrogens (primary N) is 2. The van der Waals surface area contributed by atoms with E-state index in [-0.39, 0.29) is 11.3 Å². The number of rotatable bonds is 5. The van der Waals surface area contributed by atoms with Crippen LogP contribution in [-0.4, -0.2) is 24.6 Å². The predicted molar refractivity (Wildman–Crippen MR) is 59.9 cm³/mol. The third-order valence-electron chi connectivity index (χ3n) is 2.37. The molecule has 4 heteroatoms. The van der Waals surface area contributed by atoms with Crippen LogP contribution < -0.4 is 11.5 Å². The van der Waals surface area contributed by atoms with Gasteiger partial charge in [0.15, 0.2) is 0 Å². The molecule has 0 fully saturated rings. The van der Waals surface area contributed by atoms with E-state index in [2.05, 4.69) is 13.6 Å². The Labute approximate surface area is 83.0 Å². The van der Waals surface area contributed by atoms with E-state index in [1.54, 1.807) is 0 Å². The first-order chi connectivity index (χ1) is 5.75. The first-order valence-corrected chi connectivity index (χ1v) is 6.43. The van der Waals surface area contributed by atoms with Crippen molar-refractivity contribution < 1.29 is 4.52 Å². The van der Waals surface area contributed by atoms with Crippen LogP contribution >= 0.6 is 8.15 Å². The van der Waals surface area contributed by atoms with Gasteiger partial charge in [-0.05, 0) is 33.4 Å². The molecule has 3 atom stereocenters. The highest BCUT2D eigenvalue weighted by atomic mass is 31.1. The third-order valence-corrected chi connectivity index (χ3v) is 4.08. The van der Waals surface area contributed by atoms with E-state index in [4.69, 9.17) is 16.0 Å². The maximum Gasteiger partial charge on any atom is 0.0552 e. The lowest BCUT2D eigenvalue weighted by atomic mass is 9.91. The minimum Gasteiger partial charge on any atom is -0.358 e. The second kappa shape index (κ2) is 5.26. The zero-order valence-corrected chi connectivity index (χ0v) is 10.3. The van der Waals surface area contributed by atoms with E-state index < -0.39 is 8.15 Å². The molecular weight excluding hydrogens is 183 g/mol. The molecule has 0 heterocycles. The van der Waals surface area contributed by atoms with Gasteiger partial charge in [0.2, 0.25) is 0 Å². The van der Waals surface area contributed by atoms with Crippen LogP contribution in [0, 0.1) is 5.92 Å². The standard InChI is InChI=1S/C9H23N2OP/c1-7(9(3,4)11)6-12-13(5)8(2)10/h7-8H,6,10-11H2,1-5H3. The highest BCUT2D eigenvalue weighted by molar-refractivity contribution is 7.52. The summed E-state index contributed by atoms with van der Waals surface area (Å²) in [5.41, 5.74) is 11.5. The second-order valence-corrected chi connectivity index (χ2v) is 6.47. The SMILES string of the molecule is CC(N)P(C)OCC(C)C(C)(C)N. The van der Waals surface area contributed by atoms with Gasteiger partial charge in [-0.2, -0.15) is 0 Å². The Kier molecular flexibility index (Phi) is 5.38. The fourth-order valence-electron chi connectivity index (χ4n) is 0.562. The Balaban J connectivity index is 3.77. The zero-order valence-electron chi connectivity index (χ0n) is 9.37. The number of hydrogen-bond acceptors (Lipinski definition) is 3. The fraction of sp³-hybridized carbons (Fsp3) is 1.00. The molecular formula is C9H23N2OP. The Morgan fingerprint density at radius 2 is 1.85 bits per heavy atom. The molecule has 0 aromatic carbocycles. The van der Waals surface area contributed by atoms with Crippen LogP contribution in [-0.2, 0) is 4.52 Å². The summed E-state index contributed by atoms with van der Waals surface area (Å²) in [6.45, 7) is 10.9. The van der Waals surface area contributed by atoms with E-state index in [0.717, 1.165) is 0 Å². The van der Waals surface area contributed by atoms with Crippen LogP contribution in [0.2, 0.25) is 0 Å². The summed E-state index contributed by atoms with van der Waals surface area (Å²) in [7, 11) is -0.497. The smallest absolute Gasteiger partial charge is 0.0552 e. The normalized spacial score (nSPS) is 19.6. The molecule has 0 saturated heterocycles. The lowest BCUT2D eigenvalue weighted by molar-refractivity contribution is 0.217. The van der Waals surface area contributed by atoms with Gasteiger partial charge in [-0.15, -0.1) is 0 Å². The number of hydrogen-bond donors (Lipinski definition) is 2. The highest BCUT2D eigenvalue weighted by Crippen LogP contribution is 2.36. The molecule has 0 aliphatic rings.